The molecule has 6 nitrogen and oxygen atoms in total. The highest BCUT2D eigenvalue weighted by Crippen LogP contribution is 2.22. The SMILES string of the molecule is COc1ncc(NC(=O)Cc2ccc(F)cc2F)c(OC)n1. The zero-order valence-corrected chi connectivity index (χ0v) is 11.9. The Labute approximate surface area is 125 Å². The van der Waals surface area contributed by atoms with Crippen molar-refractivity contribution in [3.63, 3.8) is 0 Å². The van der Waals surface area contributed by atoms with E-state index in [1.807, 2.05) is 0 Å². The number of methoxy groups -OCH3 is 2. The van der Waals surface area contributed by atoms with E-state index in [-0.39, 0.29) is 29.6 Å². The monoisotopic (exact) mass is 309 g/mol. The van der Waals surface area contributed by atoms with Crippen LogP contribution in [0.5, 0.6) is 11.9 Å². The Morgan fingerprint density at radius 2 is 2.05 bits per heavy atom. The molecule has 0 radical (unpaired) electrons. The highest BCUT2D eigenvalue weighted by Gasteiger charge is 2.13. The first-order valence-corrected chi connectivity index (χ1v) is 6.22. The Morgan fingerprint density at radius 3 is 2.68 bits per heavy atom. The van der Waals surface area contributed by atoms with Crippen LogP contribution in [0.15, 0.2) is 24.4 Å². The number of nitrogens with zero attached hydrogens (tertiary/aromatic N) is 2. The van der Waals surface area contributed by atoms with E-state index >= 15 is 0 Å². The summed E-state index contributed by atoms with van der Waals surface area (Å²) in [7, 11) is 2.77. The van der Waals surface area contributed by atoms with Gasteiger partial charge in [0.2, 0.25) is 11.8 Å². The summed E-state index contributed by atoms with van der Waals surface area (Å²) in [6, 6.07) is 3.11. The van der Waals surface area contributed by atoms with E-state index in [0.29, 0.717) is 0 Å². The molecular weight excluding hydrogens is 296 g/mol. The van der Waals surface area contributed by atoms with E-state index in [2.05, 4.69) is 15.3 Å². The number of hydrogen-bond donors (Lipinski definition) is 1. The normalized spacial score (nSPS) is 10.2. The maximum absolute atomic E-state index is 13.5. The van der Waals surface area contributed by atoms with Gasteiger partial charge in [-0.15, -0.1) is 0 Å². The molecule has 2 rings (SSSR count). The Kier molecular flexibility index (Phi) is 4.82. The molecular formula is C14H13F2N3O3. The molecule has 0 fully saturated rings. The molecule has 0 unspecified atom stereocenters. The number of anilines is 1. The molecule has 0 saturated carbocycles. The predicted octanol–water partition coefficient (Wildman–Crippen LogP) is 1.95. The molecule has 1 amide bonds. The van der Waals surface area contributed by atoms with Crippen molar-refractivity contribution in [3.8, 4) is 11.9 Å². The van der Waals surface area contributed by atoms with E-state index < -0.39 is 17.5 Å². The summed E-state index contributed by atoms with van der Waals surface area (Å²) >= 11 is 0. The van der Waals surface area contributed by atoms with Crippen molar-refractivity contribution in [2.45, 2.75) is 6.42 Å². The van der Waals surface area contributed by atoms with Crippen LogP contribution in [0.3, 0.4) is 0 Å². The van der Waals surface area contributed by atoms with Crippen LogP contribution < -0.4 is 14.8 Å². The van der Waals surface area contributed by atoms with Gasteiger partial charge in [-0.25, -0.2) is 13.8 Å². The van der Waals surface area contributed by atoms with E-state index in [1.54, 1.807) is 0 Å². The average molecular weight is 309 g/mol. The highest BCUT2D eigenvalue weighted by atomic mass is 19.1. The average Bonchev–Trinajstić information content (AvgIpc) is 2.50. The van der Waals surface area contributed by atoms with Crippen LogP contribution in [0.2, 0.25) is 0 Å². The van der Waals surface area contributed by atoms with Crippen LogP contribution in [-0.4, -0.2) is 30.1 Å². The second-order valence-electron chi connectivity index (χ2n) is 4.24. The van der Waals surface area contributed by atoms with Gasteiger partial charge in [0, 0.05) is 6.07 Å². The lowest BCUT2D eigenvalue weighted by molar-refractivity contribution is -0.115. The number of carbonyl (C=O) groups is 1. The van der Waals surface area contributed by atoms with Crippen LogP contribution >= 0.6 is 0 Å². The van der Waals surface area contributed by atoms with Crippen molar-refractivity contribution in [3.05, 3.63) is 41.6 Å². The lowest BCUT2D eigenvalue weighted by Crippen LogP contribution is -2.16. The maximum atomic E-state index is 13.5. The zero-order valence-electron chi connectivity index (χ0n) is 11.9. The summed E-state index contributed by atoms with van der Waals surface area (Å²) in [6.07, 6.45) is 1.05. The molecule has 22 heavy (non-hydrogen) atoms. The third-order valence-electron chi connectivity index (χ3n) is 2.75. The molecule has 0 aliphatic carbocycles. The molecule has 0 atom stereocenters. The van der Waals surface area contributed by atoms with Crippen LogP contribution in [0.25, 0.3) is 0 Å². The number of rotatable bonds is 5. The van der Waals surface area contributed by atoms with Crippen molar-refractivity contribution >= 4 is 11.6 Å². The molecule has 1 aromatic carbocycles. The largest absolute Gasteiger partial charge is 0.479 e. The van der Waals surface area contributed by atoms with E-state index in [0.717, 1.165) is 12.1 Å². The smallest absolute Gasteiger partial charge is 0.319 e. The maximum Gasteiger partial charge on any atom is 0.319 e. The minimum Gasteiger partial charge on any atom is -0.479 e. The van der Waals surface area contributed by atoms with Gasteiger partial charge < -0.3 is 14.8 Å². The Bertz CT molecular complexity index is 695. The Morgan fingerprint density at radius 1 is 1.27 bits per heavy atom. The Balaban J connectivity index is 2.12. The van der Waals surface area contributed by atoms with Crippen molar-refractivity contribution in [1.82, 2.24) is 9.97 Å². The molecule has 116 valence electrons. The van der Waals surface area contributed by atoms with Gasteiger partial charge in [0.25, 0.3) is 0 Å². The molecule has 0 saturated heterocycles. The van der Waals surface area contributed by atoms with Crippen LogP contribution in [0.1, 0.15) is 5.56 Å². The summed E-state index contributed by atoms with van der Waals surface area (Å²) < 4.78 is 36.2. The minimum atomic E-state index is -0.784. The molecule has 0 aliphatic heterocycles. The number of amides is 1. The van der Waals surface area contributed by atoms with Crippen LogP contribution in [-0.2, 0) is 11.2 Å². The molecule has 0 aliphatic rings. The Hall–Kier alpha value is -2.77. The standard InChI is InChI=1S/C14H13F2N3O3/c1-21-13-11(7-17-14(19-13)22-2)18-12(20)5-8-3-4-9(15)6-10(8)16/h3-4,6-7H,5H2,1-2H3,(H,18,20). The van der Waals surface area contributed by atoms with E-state index in [4.69, 9.17) is 9.47 Å². The number of ether oxygens (including phenoxy) is 2. The molecule has 0 spiro atoms. The molecule has 2 aromatic rings. The summed E-state index contributed by atoms with van der Waals surface area (Å²) in [6.45, 7) is 0. The lowest BCUT2D eigenvalue weighted by atomic mass is 10.1. The van der Waals surface area contributed by atoms with Crippen molar-refractivity contribution < 1.29 is 23.0 Å². The summed E-state index contributed by atoms with van der Waals surface area (Å²) in [5.74, 6) is -1.89. The van der Waals surface area contributed by atoms with Gasteiger partial charge in [-0.3, -0.25) is 4.79 Å². The minimum absolute atomic E-state index is 0.0762. The number of halogens is 2. The fourth-order valence-electron chi connectivity index (χ4n) is 1.72. The van der Waals surface area contributed by atoms with Crippen molar-refractivity contribution in [2.75, 3.05) is 19.5 Å². The fraction of sp³-hybridized carbons (Fsp3) is 0.214. The summed E-state index contributed by atoms with van der Waals surface area (Å²) in [5, 5.41) is 2.50. The van der Waals surface area contributed by atoms with Crippen LogP contribution in [0.4, 0.5) is 14.5 Å². The van der Waals surface area contributed by atoms with Crippen LogP contribution in [0, 0.1) is 11.6 Å². The summed E-state index contributed by atoms with van der Waals surface area (Å²) in [5.41, 5.74) is 0.295. The van der Waals surface area contributed by atoms with E-state index in [9.17, 15) is 13.6 Å². The van der Waals surface area contributed by atoms with Crippen molar-refractivity contribution in [1.29, 1.82) is 0 Å². The van der Waals surface area contributed by atoms with Gasteiger partial charge in [-0.1, -0.05) is 6.07 Å². The number of hydrogen-bond acceptors (Lipinski definition) is 5. The second kappa shape index (κ2) is 6.79. The molecule has 1 aromatic heterocycles. The third kappa shape index (κ3) is 3.66. The van der Waals surface area contributed by atoms with Gasteiger partial charge in [-0.2, -0.15) is 4.98 Å². The molecule has 8 heteroatoms. The highest BCUT2D eigenvalue weighted by molar-refractivity contribution is 5.93. The predicted molar refractivity (Wildman–Crippen MR) is 73.8 cm³/mol. The van der Waals surface area contributed by atoms with Gasteiger partial charge in [-0.05, 0) is 11.6 Å². The van der Waals surface area contributed by atoms with Gasteiger partial charge in [0.1, 0.15) is 17.3 Å². The van der Waals surface area contributed by atoms with Gasteiger partial charge in [0.15, 0.2) is 0 Å². The zero-order chi connectivity index (χ0) is 16.1. The molecule has 0 bridgehead atoms. The first-order chi connectivity index (χ1) is 10.5. The summed E-state index contributed by atoms with van der Waals surface area (Å²) in [4.78, 5) is 19.7. The third-order valence-corrected chi connectivity index (χ3v) is 2.75. The lowest BCUT2D eigenvalue weighted by Gasteiger charge is -2.10. The second-order valence-corrected chi connectivity index (χ2v) is 4.24. The first-order valence-electron chi connectivity index (χ1n) is 6.22. The van der Waals surface area contributed by atoms with Gasteiger partial charge >= 0.3 is 6.01 Å². The molecule has 1 N–H and O–H groups in total. The number of aromatic nitrogens is 2. The van der Waals surface area contributed by atoms with Gasteiger partial charge in [0.05, 0.1) is 26.8 Å². The fourth-order valence-corrected chi connectivity index (χ4v) is 1.72. The quantitative estimate of drug-likeness (QED) is 0.914. The number of benzene rings is 1. The van der Waals surface area contributed by atoms with Crippen molar-refractivity contribution in [2.24, 2.45) is 0 Å². The number of carbonyl (C=O) groups excluding carboxylic acids is 1. The first kappa shape index (κ1) is 15.6. The topological polar surface area (TPSA) is 73.3 Å². The van der Waals surface area contributed by atoms with E-state index in [1.165, 1.54) is 26.5 Å². The molecule has 1 heterocycles. The number of nitrogens with one attached hydrogen (secondary N) is 1.